The molecule has 2 amide bonds. The smallest absolute Gasteiger partial charge is 0.410 e. The summed E-state index contributed by atoms with van der Waals surface area (Å²) in [5.41, 5.74) is -1.72. The van der Waals surface area contributed by atoms with Gasteiger partial charge in [-0.3, -0.25) is 4.79 Å². The third-order valence-electron chi connectivity index (χ3n) is 4.10. The van der Waals surface area contributed by atoms with Gasteiger partial charge in [0.15, 0.2) is 0 Å². The van der Waals surface area contributed by atoms with E-state index in [1.165, 1.54) is 4.90 Å². The molecule has 1 unspecified atom stereocenters. The average molecular weight is 298 g/mol. The summed E-state index contributed by atoms with van der Waals surface area (Å²) in [6.45, 7) is 10.2. The van der Waals surface area contributed by atoms with Gasteiger partial charge in [0.25, 0.3) is 0 Å². The van der Waals surface area contributed by atoms with Gasteiger partial charge in [-0.2, -0.15) is 0 Å². The van der Waals surface area contributed by atoms with E-state index >= 15 is 0 Å². The first-order chi connectivity index (χ1) is 9.53. The lowest BCUT2D eigenvalue weighted by Crippen LogP contribution is -2.56. The van der Waals surface area contributed by atoms with Gasteiger partial charge >= 0.3 is 6.09 Å². The van der Waals surface area contributed by atoms with Crippen molar-refractivity contribution in [3.05, 3.63) is 0 Å². The first-order valence-electron chi connectivity index (χ1n) is 7.54. The van der Waals surface area contributed by atoms with E-state index in [0.717, 1.165) is 0 Å². The van der Waals surface area contributed by atoms with Gasteiger partial charge in [0.05, 0.1) is 19.0 Å². The van der Waals surface area contributed by atoms with Gasteiger partial charge in [-0.25, -0.2) is 4.79 Å². The van der Waals surface area contributed by atoms with E-state index in [2.05, 4.69) is 0 Å². The van der Waals surface area contributed by atoms with E-state index in [0.29, 0.717) is 13.0 Å². The predicted molar refractivity (Wildman–Crippen MR) is 77.7 cm³/mol. The summed E-state index contributed by atoms with van der Waals surface area (Å²) < 4.78 is 5.35. The van der Waals surface area contributed by atoms with Crippen LogP contribution in [0.15, 0.2) is 0 Å². The number of likely N-dealkylation sites (tertiary alicyclic amines) is 2. The average Bonchev–Trinajstić information content (AvgIpc) is 2.59. The first-order valence-corrected chi connectivity index (χ1v) is 7.54. The topological polar surface area (TPSA) is 70.1 Å². The van der Waals surface area contributed by atoms with Crippen molar-refractivity contribution in [2.24, 2.45) is 5.92 Å². The number of fused-ring (bicyclic) bond motifs is 1. The van der Waals surface area contributed by atoms with Crippen LogP contribution in [0.5, 0.6) is 0 Å². The van der Waals surface area contributed by atoms with E-state index in [9.17, 15) is 14.7 Å². The summed E-state index contributed by atoms with van der Waals surface area (Å²) >= 11 is 0. The lowest BCUT2D eigenvalue weighted by Gasteiger charge is -2.39. The lowest BCUT2D eigenvalue weighted by atomic mass is 9.84. The Kier molecular flexibility index (Phi) is 3.95. The van der Waals surface area contributed by atoms with Crippen LogP contribution in [0, 0.1) is 5.92 Å². The molecule has 2 saturated heterocycles. The van der Waals surface area contributed by atoms with Crippen molar-refractivity contribution >= 4 is 12.0 Å². The van der Waals surface area contributed by atoms with Gasteiger partial charge in [0.2, 0.25) is 5.91 Å². The maximum absolute atomic E-state index is 12.3. The SMILES string of the molecule is CC(C)N1CC2(O)CN(C(=O)OC(C)(C)C)CC[C@@H]2C1=O. The number of carbonyl (C=O) groups excluding carboxylic acids is 2. The van der Waals surface area contributed by atoms with Gasteiger partial charge < -0.3 is 19.6 Å². The quantitative estimate of drug-likeness (QED) is 0.790. The molecule has 0 aromatic rings. The molecule has 6 nitrogen and oxygen atoms in total. The second-order valence-electron chi connectivity index (χ2n) is 7.41. The van der Waals surface area contributed by atoms with Crippen LogP contribution in [0.3, 0.4) is 0 Å². The summed E-state index contributed by atoms with van der Waals surface area (Å²) in [4.78, 5) is 27.7. The van der Waals surface area contributed by atoms with Gasteiger partial charge in [-0.15, -0.1) is 0 Å². The first kappa shape index (κ1) is 16.1. The third kappa shape index (κ3) is 3.15. The molecule has 2 atom stereocenters. The molecule has 2 aliphatic rings. The van der Waals surface area contributed by atoms with Gasteiger partial charge in [-0.05, 0) is 41.0 Å². The Hall–Kier alpha value is -1.30. The van der Waals surface area contributed by atoms with Crippen LogP contribution >= 0.6 is 0 Å². The van der Waals surface area contributed by atoms with Crippen molar-refractivity contribution in [2.75, 3.05) is 19.6 Å². The highest BCUT2D eigenvalue weighted by Crippen LogP contribution is 2.37. The molecule has 2 aliphatic heterocycles. The van der Waals surface area contributed by atoms with Crippen LogP contribution in [0.2, 0.25) is 0 Å². The van der Waals surface area contributed by atoms with Crippen LogP contribution in [0.1, 0.15) is 41.0 Å². The number of carbonyl (C=O) groups is 2. The fourth-order valence-corrected chi connectivity index (χ4v) is 3.08. The Morgan fingerprint density at radius 3 is 2.52 bits per heavy atom. The third-order valence-corrected chi connectivity index (χ3v) is 4.10. The fourth-order valence-electron chi connectivity index (χ4n) is 3.08. The van der Waals surface area contributed by atoms with Crippen molar-refractivity contribution < 1.29 is 19.4 Å². The van der Waals surface area contributed by atoms with Crippen LogP contribution in [-0.4, -0.2) is 63.8 Å². The van der Waals surface area contributed by atoms with Crippen molar-refractivity contribution in [2.45, 2.75) is 58.3 Å². The molecule has 0 aliphatic carbocycles. The molecule has 2 fully saturated rings. The van der Waals surface area contributed by atoms with Crippen molar-refractivity contribution in [1.82, 2.24) is 9.80 Å². The summed E-state index contributed by atoms with van der Waals surface area (Å²) in [5.74, 6) is -0.407. The minimum Gasteiger partial charge on any atom is -0.444 e. The predicted octanol–water partition coefficient (Wildman–Crippen LogP) is 1.23. The number of aliphatic hydroxyl groups is 1. The van der Waals surface area contributed by atoms with Crippen molar-refractivity contribution in [3.8, 4) is 0 Å². The molecule has 0 saturated carbocycles. The molecule has 2 rings (SSSR count). The summed E-state index contributed by atoms with van der Waals surface area (Å²) in [6, 6.07) is 0.0575. The zero-order valence-electron chi connectivity index (χ0n) is 13.5. The number of ether oxygens (including phenoxy) is 1. The van der Waals surface area contributed by atoms with E-state index in [4.69, 9.17) is 4.74 Å². The Bertz CT molecular complexity index is 443. The van der Waals surface area contributed by atoms with Crippen molar-refractivity contribution in [1.29, 1.82) is 0 Å². The van der Waals surface area contributed by atoms with E-state index in [1.807, 2.05) is 34.6 Å². The van der Waals surface area contributed by atoms with E-state index < -0.39 is 23.2 Å². The molecular formula is C15H26N2O4. The van der Waals surface area contributed by atoms with E-state index in [-0.39, 0.29) is 25.0 Å². The zero-order valence-corrected chi connectivity index (χ0v) is 13.5. The highest BCUT2D eigenvalue weighted by molar-refractivity contribution is 5.84. The second-order valence-corrected chi connectivity index (χ2v) is 7.41. The molecule has 0 spiro atoms. The number of hydrogen-bond acceptors (Lipinski definition) is 4. The molecule has 0 aromatic heterocycles. The molecule has 0 bridgehead atoms. The van der Waals surface area contributed by atoms with Crippen LogP contribution < -0.4 is 0 Å². The Morgan fingerprint density at radius 1 is 1.38 bits per heavy atom. The number of nitrogens with zero attached hydrogens (tertiary/aromatic N) is 2. The maximum atomic E-state index is 12.3. The van der Waals surface area contributed by atoms with Gasteiger partial charge in [0.1, 0.15) is 11.2 Å². The Morgan fingerprint density at radius 2 is 2.00 bits per heavy atom. The lowest BCUT2D eigenvalue weighted by molar-refractivity contribution is -0.135. The highest BCUT2D eigenvalue weighted by atomic mass is 16.6. The summed E-state index contributed by atoms with van der Waals surface area (Å²) in [6.07, 6.45) is 0.0578. The number of piperidine rings is 1. The molecule has 0 radical (unpaired) electrons. The molecule has 1 N–H and O–H groups in total. The molecule has 2 heterocycles. The van der Waals surface area contributed by atoms with E-state index in [1.54, 1.807) is 4.90 Å². The number of amides is 2. The van der Waals surface area contributed by atoms with Crippen LogP contribution in [0.4, 0.5) is 4.79 Å². The summed E-state index contributed by atoms with van der Waals surface area (Å²) in [7, 11) is 0. The molecule has 21 heavy (non-hydrogen) atoms. The molecule has 120 valence electrons. The zero-order chi connectivity index (χ0) is 16.0. The molecule has 6 heteroatoms. The fraction of sp³-hybridized carbons (Fsp3) is 0.867. The van der Waals surface area contributed by atoms with Gasteiger partial charge in [-0.1, -0.05) is 0 Å². The molecule has 0 aromatic carbocycles. The van der Waals surface area contributed by atoms with Crippen molar-refractivity contribution in [3.63, 3.8) is 0 Å². The normalized spacial score (nSPS) is 29.9. The van der Waals surface area contributed by atoms with Crippen LogP contribution in [0.25, 0.3) is 0 Å². The number of β-amino-alcohol motifs (C(OH)–C–C–N with tert-alkyl or cyclic N) is 1. The minimum atomic E-state index is -1.16. The standard InChI is InChI=1S/C15H26N2O4/c1-10(2)17-9-15(20)8-16(7-6-11(15)12(17)18)13(19)21-14(3,4)5/h10-11,20H,6-9H2,1-5H3/t11-,15?/m1/s1. The largest absolute Gasteiger partial charge is 0.444 e. The Labute approximate surface area is 126 Å². The highest BCUT2D eigenvalue weighted by Gasteiger charge is 2.55. The second kappa shape index (κ2) is 5.16. The van der Waals surface area contributed by atoms with Gasteiger partial charge in [0, 0.05) is 12.6 Å². The Balaban J connectivity index is 2.09. The number of rotatable bonds is 1. The molecular weight excluding hydrogens is 272 g/mol. The summed E-state index contributed by atoms with van der Waals surface area (Å²) in [5, 5.41) is 10.8. The maximum Gasteiger partial charge on any atom is 0.410 e. The number of hydrogen-bond donors (Lipinski definition) is 1. The minimum absolute atomic E-state index is 0.00339. The van der Waals surface area contributed by atoms with Crippen LogP contribution in [-0.2, 0) is 9.53 Å². The monoisotopic (exact) mass is 298 g/mol.